The lowest BCUT2D eigenvalue weighted by molar-refractivity contribution is 0.239. The van der Waals surface area contributed by atoms with Crippen molar-refractivity contribution in [3.8, 4) is 0 Å². The number of halogens is 1. The highest BCUT2D eigenvalue weighted by atomic mass is 19.1. The molecule has 0 bridgehead atoms. The summed E-state index contributed by atoms with van der Waals surface area (Å²) in [5.41, 5.74) is 0. The third-order valence-electron chi connectivity index (χ3n) is 1.06. The number of hydrogen-bond acceptors (Lipinski definition) is 1. The normalized spacial score (nSPS) is 14.3. The minimum Gasteiger partial charge on any atom is -0.286 e. The van der Waals surface area contributed by atoms with Gasteiger partial charge in [-0.05, 0) is 20.3 Å². The summed E-state index contributed by atoms with van der Waals surface area (Å²) in [4.78, 5) is 0. The molecule has 0 spiro atoms. The van der Waals surface area contributed by atoms with Gasteiger partial charge in [-0.25, -0.2) is 4.39 Å². The van der Waals surface area contributed by atoms with Crippen LogP contribution in [0, 0.1) is 0 Å². The van der Waals surface area contributed by atoms with Crippen molar-refractivity contribution in [2.24, 2.45) is 0 Å². The van der Waals surface area contributed by atoms with E-state index in [1.54, 1.807) is 0 Å². The SMILES string of the molecule is CCCC(F)NC(C)C. The van der Waals surface area contributed by atoms with E-state index in [9.17, 15) is 4.39 Å². The smallest absolute Gasteiger partial charge is 0.151 e. The Morgan fingerprint density at radius 1 is 1.44 bits per heavy atom. The second-order valence-corrected chi connectivity index (χ2v) is 2.58. The summed E-state index contributed by atoms with van der Waals surface area (Å²) in [6, 6.07) is 0.256. The molecule has 0 aromatic rings. The van der Waals surface area contributed by atoms with Crippen LogP contribution in [0.4, 0.5) is 4.39 Å². The molecule has 1 atom stereocenters. The molecule has 0 radical (unpaired) electrons. The maximum atomic E-state index is 12.5. The Hall–Kier alpha value is -0.110. The molecule has 0 amide bonds. The van der Waals surface area contributed by atoms with Crippen molar-refractivity contribution in [3.05, 3.63) is 0 Å². The van der Waals surface area contributed by atoms with Gasteiger partial charge in [-0.15, -0.1) is 0 Å². The minimum atomic E-state index is -0.810. The van der Waals surface area contributed by atoms with E-state index in [1.165, 1.54) is 0 Å². The Morgan fingerprint density at radius 2 is 2.00 bits per heavy atom. The lowest BCUT2D eigenvalue weighted by Crippen LogP contribution is -2.30. The van der Waals surface area contributed by atoms with E-state index in [0.29, 0.717) is 6.42 Å². The molecule has 56 valence electrons. The van der Waals surface area contributed by atoms with Gasteiger partial charge in [0.1, 0.15) is 0 Å². The van der Waals surface area contributed by atoms with Gasteiger partial charge in [0.05, 0.1) is 0 Å². The van der Waals surface area contributed by atoms with Crippen molar-refractivity contribution in [2.75, 3.05) is 0 Å². The fourth-order valence-corrected chi connectivity index (χ4v) is 0.698. The van der Waals surface area contributed by atoms with Gasteiger partial charge in [0.2, 0.25) is 0 Å². The molecule has 0 rings (SSSR count). The van der Waals surface area contributed by atoms with E-state index in [1.807, 2.05) is 20.8 Å². The first-order valence-corrected chi connectivity index (χ1v) is 3.57. The van der Waals surface area contributed by atoms with Crippen LogP contribution in [0.2, 0.25) is 0 Å². The van der Waals surface area contributed by atoms with Crippen LogP contribution in [0.3, 0.4) is 0 Å². The molecule has 0 aliphatic carbocycles. The Bertz CT molecular complexity index is 63.9. The third-order valence-corrected chi connectivity index (χ3v) is 1.06. The zero-order chi connectivity index (χ0) is 7.28. The molecule has 0 saturated carbocycles. The molecule has 0 aliphatic heterocycles. The molecule has 0 fully saturated rings. The van der Waals surface area contributed by atoms with Crippen molar-refractivity contribution in [1.29, 1.82) is 0 Å². The van der Waals surface area contributed by atoms with Crippen LogP contribution in [0.1, 0.15) is 33.6 Å². The fourth-order valence-electron chi connectivity index (χ4n) is 0.698. The highest BCUT2D eigenvalue weighted by Gasteiger charge is 2.03. The molecule has 2 heteroatoms. The first kappa shape index (κ1) is 8.89. The molecule has 1 nitrogen and oxygen atoms in total. The van der Waals surface area contributed by atoms with E-state index in [4.69, 9.17) is 0 Å². The van der Waals surface area contributed by atoms with E-state index in [0.717, 1.165) is 6.42 Å². The molecule has 0 aromatic carbocycles. The Morgan fingerprint density at radius 3 is 2.33 bits per heavy atom. The van der Waals surface area contributed by atoms with Crippen LogP contribution in [0.15, 0.2) is 0 Å². The van der Waals surface area contributed by atoms with Crippen LogP contribution in [0.5, 0.6) is 0 Å². The Labute approximate surface area is 56.6 Å². The summed E-state index contributed by atoms with van der Waals surface area (Å²) in [5, 5.41) is 2.78. The maximum Gasteiger partial charge on any atom is 0.151 e. The summed E-state index contributed by atoms with van der Waals surface area (Å²) in [6.45, 7) is 5.87. The lowest BCUT2D eigenvalue weighted by atomic mass is 10.3. The zero-order valence-electron chi connectivity index (χ0n) is 6.45. The van der Waals surface area contributed by atoms with Crippen molar-refractivity contribution in [3.63, 3.8) is 0 Å². The second-order valence-electron chi connectivity index (χ2n) is 2.58. The number of hydrogen-bond donors (Lipinski definition) is 1. The lowest BCUT2D eigenvalue weighted by Gasteiger charge is -2.11. The second kappa shape index (κ2) is 4.74. The van der Waals surface area contributed by atoms with E-state index < -0.39 is 6.30 Å². The average molecular weight is 133 g/mol. The largest absolute Gasteiger partial charge is 0.286 e. The molecule has 0 heterocycles. The van der Waals surface area contributed by atoms with Gasteiger partial charge in [-0.1, -0.05) is 13.3 Å². The highest BCUT2D eigenvalue weighted by Crippen LogP contribution is 1.97. The van der Waals surface area contributed by atoms with Gasteiger partial charge in [0, 0.05) is 6.04 Å². The number of rotatable bonds is 4. The van der Waals surface area contributed by atoms with Crippen molar-refractivity contribution in [2.45, 2.75) is 46.0 Å². The number of alkyl halides is 1. The highest BCUT2D eigenvalue weighted by molar-refractivity contribution is 4.56. The first-order chi connectivity index (χ1) is 4.16. The molecule has 0 saturated heterocycles. The molecule has 0 aliphatic rings. The van der Waals surface area contributed by atoms with Crippen LogP contribution >= 0.6 is 0 Å². The minimum absolute atomic E-state index is 0.256. The summed E-state index contributed by atoms with van der Waals surface area (Å²) < 4.78 is 12.5. The Balaban J connectivity index is 3.15. The van der Waals surface area contributed by atoms with Crippen LogP contribution in [-0.4, -0.2) is 12.3 Å². The van der Waals surface area contributed by atoms with Gasteiger partial charge >= 0.3 is 0 Å². The van der Waals surface area contributed by atoms with Gasteiger partial charge in [-0.3, -0.25) is 5.32 Å². The molecular formula is C7H16FN. The summed E-state index contributed by atoms with van der Waals surface area (Å²) in [7, 11) is 0. The topological polar surface area (TPSA) is 12.0 Å². The van der Waals surface area contributed by atoms with Crippen LogP contribution in [0.25, 0.3) is 0 Å². The van der Waals surface area contributed by atoms with Gasteiger partial charge < -0.3 is 0 Å². The van der Waals surface area contributed by atoms with Gasteiger partial charge in [0.15, 0.2) is 6.30 Å². The quantitative estimate of drug-likeness (QED) is 0.579. The van der Waals surface area contributed by atoms with Crippen LogP contribution < -0.4 is 5.32 Å². The molecule has 0 aromatic heterocycles. The van der Waals surface area contributed by atoms with E-state index >= 15 is 0 Å². The number of nitrogens with one attached hydrogen (secondary N) is 1. The van der Waals surface area contributed by atoms with E-state index in [-0.39, 0.29) is 6.04 Å². The predicted molar refractivity (Wildman–Crippen MR) is 38.1 cm³/mol. The molecule has 9 heavy (non-hydrogen) atoms. The molecule has 1 N–H and O–H groups in total. The van der Waals surface area contributed by atoms with Crippen molar-refractivity contribution >= 4 is 0 Å². The van der Waals surface area contributed by atoms with Crippen molar-refractivity contribution < 1.29 is 4.39 Å². The Kier molecular flexibility index (Phi) is 4.68. The van der Waals surface area contributed by atoms with E-state index in [2.05, 4.69) is 5.32 Å². The zero-order valence-corrected chi connectivity index (χ0v) is 6.45. The monoisotopic (exact) mass is 133 g/mol. The standard InChI is InChI=1S/C7H16FN/c1-4-5-7(8)9-6(2)3/h6-7,9H,4-5H2,1-3H3. The molecular weight excluding hydrogens is 117 g/mol. The third kappa shape index (κ3) is 5.77. The predicted octanol–water partition coefficient (Wildman–Crippen LogP) is 2.08. The molecule has 1 unspecified atom stereocenters. The summed E-state index contributed by atoms with van der Waals surface area (Å²) in [5.74, 6) is 0. The van der Waals surface area contributed by atoms with Crippen LogP contribution in [-0.2, 0) is 0 Å². The summed E-state index contributed by atoms with van der Waals surface area (Å²) >= 11 is 0. The summed E-state index contributed by atoms with van der Waals surface area (Å²) in [6.07, 6.45) is 0.717. The average Bonchev–Trinajstić information content (AvgIpc) is 1.63. The fraction of sp³-hybridized carbons (Fsp3) is 1.00. The maximum absolute atomic E-state index is 12.5. The van der Waals surface area contributed by atoms with Gasteiger partial charge in [-0.2, -0.15) is 0 Å². The van der Waals surface area contributed by atoms with Crippen molar-refractivity contribution in [1.82, 2.24) is 5.32 Å². The van der Waals surface area contributed by atoms with Gasteiger partial charge in [0.25, 0.3) is 0 Å². The first-order valence-electron chi connectivity index (χ1n) is 3.57.